The largest absolute Gasteiger partial charge is 0.367 e. The maximum absolute atomic E-state index is 4.74. The van der Waals surface area contributed by atoms with Crippen LogP contribution >= 0.6 is 0 Å². The van der Waals surface area contributed by atoms with Gasteiger partial charge in [-0.05, 0) is 61.1 Å². The van der Waals surface area contributed by atoms with Crippen molar-refractivity contribution in [2.24, 2.45) is 23.7 Å². The molecule has 0 radical (unpaired) electrons. The first kappa shape index (κ1) is 10.2. The number of para-hydroxylation sites is 1. The molecule has 3 saturated carbocycles. The second-order valence-electron chi connectivity index (χ2n) is 6.55. The van der Waals surface area contributed by atoms with Crippen molar-refractivity contribution < 1.29 is 0 Å². The number of hydrogen-bond donors (Lipinski definition) is 1. The fourth-order valence-corrected chi connectivity index (χ4v) is 4.84. The highest BCUT2D eigenvalue weighted by Gasteiger charge is 2.65. The van der Waals surface area contributed by atoms with E-state index in [0.717, 1.165) is 41.0 Å². The van der Waals surface area contributed by atoms with Gasteiger partial charge in [-0.25, -0.2) is 4.98 Å². The zero-order valence-corrected chi connectivity index (χ0v) is 10.9. The van der Waals surface area contributed by atoms with Crippen molar-refractivity contribution in [3.63, 3.8) is 0 Å². The highest BCUT2D eigenvalue weighted by molar-refractivity contribution is 5.80. The molecule has 2 heteroatoms. The summed E-state index contributed by atoms with van der Waals surface area (Å²) in [6.07, 6.45) is 4.48. The standard InChI is InChI=1S/C17H18N2/c1-2-4-13-10(3-1)7-8-14(18-13)19-17-15-11-5-6-12(9-11)16(15)17/h1-4,7-8,11-12,15-17H,5-6,9H2,(H,18,19). The molecule has 1 heterocycles. The van der Waals surface area contributed by atoms with E-state index < -0.39 is 0 Å². The third-order valence-electron chi connectivity index (χ3n) is 5.65. The van der Waals surface area contributed by atoms with Crippen LogP contribution in [-0.2, 0) is 0 Å². The average Bonchev–Trinajstić information content (AvgIpc) is 2.85. The van der Waals surface area contributed by atoms with E-state index >= 15 is 0 Å². The molecule has 4 unspecified atom stereocenters. The first-order valence-electron chi connectivity index (χ1n) is 7.52. The van der Waals surface area contributed by atoms with Crippen LogP contribution in [0.15, 0.2) is 36.4 Å². The Kier molecular flexibility index (Phi) is 1.89. The number of hydrogen-bond acceptors (Lipinski definition) is 2. The lowest BCUT2D eigenvalue weighted by atomic mass is 10.0. The van der Waals surface area contributed by atoms with Crippen molar-refractivity contribution in [1.82, 2.24) is 4.98 Å². The first-order valence-corrected chi connectivity index (χ1v) is 7.52. The van der Waals surface area contributed by atoms with E-state index in [-0.39, 0.29) is 0 Å². The number of rotatable bonds is 2. The summed E-state index contributed by atoms with van der Waals surface area (Å²) in [4.78, 5) is 4.74. The minimum absolute atomic E-state index is 0.722. The third kappa shape index (κ3) is 1.40. The molecule has 1 aromatic carbocycles. The summed E-state index contributed by atoms with van der Waals surface area (Å²) in [6, 6.07) is 13.4. The van der Waals surface area contributed by atoms with Crippen LogP contribution in [0.2, 0.25) is 0 Å². The molecule has 0 aliphatic heterocycles. The van der Waals surface area contributed by atoms with Gasteiger partial charge >= 0.3 is 0 Å². The predicted octanol–water partition coefficient (Wildman–Crippen LogP) is 3.69. The van der Waals surface area contributed by atoms with Gasteiger partial charge in [-0.2, -0.15) is 0 Å². The molecule has 4 atom stereocenters. The molecule has 2 aromatic rings. The molecule has 0 amide bonds. The lowest BCUT2D eigenvalue weighted by Gasteiger charge is -2.11. The van der Waals surface area contributed by atoms with Gasteiger partial charge in [0.1, 0.15) is 5.82 Å². The summed E-state index contributed by atoms with van der Waals surface area (Å²) in [7, 11) is 0. The van der Waals surface area contributed by atoms with Crippen LogP contribution in [0.3, 0.4) is 0 Å². The molecule has 96 valence electrons. The maximum Gasteiger partial charge on any atom is 0.126 e. The van der Waals surface area contributed by atoms with Gasteiger partial charge in [0.25, 0.3) is 0 Å². The molecule has 2 nitrogen and oxygen atoms in total. The third-order valence-corrected chi connectivity index (χ3v) is 5.65. The van der Waals surface area contributed by atoms with Crippen molar-refractivity contribution in [1.29, 1.82) is 0 Å². The Bertz CT molecular complexity index is 635. The molecule has 2 bridgehead atoms. The van der Waals surface area contributed by atoms with E-state index in [9.17, 15) is 0 Å². The average molecular weight is 250 g/mol. The molecule has 3 aliphatic carbocycles. The van der Waals surface area contributed by atoms with Gasteiger partial charge in [0.15, 0.2) is 0 Å². The van der Waals surface area contributed by atoms with Gasteiger partial charge < -0.3 is 5.32 Å². The fraction of sp³-hybridized carbons (Fsp3) is 0.471. The quantitative estimate of drug-likeness (QED) is 0.879. The van der Waals surface area contributed by atoms with Crippen LogP contribution < -0.4 is 5.32 Å². The molecule has 3 fully saturated rings. The summed E-state index contributed by atoms with van der Waals surface area (Å²) in [6.45, 7) is 0. The van der Waals surface area contributed by atoms with Crippen LogP contribution in [0.1, 0.15) is 19.3 Å². The van der Waals surface area contributed by atoms with E-state index in [0.29, 0.717) is 0 Å². The van der Waals surface area contributed by atoms with E-state index in [1.165, 1.54) is 24.6 Å². The number of pyridine rings is 1. The van der Waals surface area contributed by atoms with Gasteiger partial charge in [-0.3, -0.25) is 0 Å². The topological polar surface area (TPSA) is 24.9 Å². The normalized spacial score (nSPS) is 38.4. The summed E-state index contributed by atoms with van der Waals surface area (Å²) >= 11 is 0. The lowest BCUT2D eigenvalue weighted by molar-refractivity contribution is 0.456. The Morgan fingerprint density at radius 3 is 2.58 bits per heavy atom. The van der Waals surface area contributed by atoms with Crippen molar-refractivity contribution in [3.8, 4) is 0 Å². The Hall–Kier alpha value is -1.57. The molecule has 1 aromatic heterocycles. The van der Waals surface area contributed by atoms with Crippen LogP contribution in [-0.4, -0.2) is 11.0 Å². The van der Waals surface area contributed by atoms with Crippen LogP contribution in [0.4, 0.5) is 5.82 Å². The Morgan fingerprint density at radius 1 is 0.947 bits per heavy atom. The predicted molar refractivity (Wildman–Crippen MR) is 77.0 cm³/mol. The lowest BCUT2D eigenvalue weighted by Crippen LogP contribution is -2.13. The number of nitrogens with one attached hydrogen (secondary N) is 1. The van der Waals surface area contributed by atoms with Gasteiger partial charge in [0.05, 0.1) is 5.52 Å². The van der Waals surface area contributed by atoms with Gasteiger partial charge in [0.2, 0.25) is 0 Å². The second-order valence-corrected chi connectivity index (χ2v) is 6.55. The summed E-state index contributed by atoms with van der Waals surface area (Å²) in [5, 5.41) is 4.93. The Balaban J connectivity index is 1.41. The molecule has 0 spiro atoms. The van der Waals surface area contributed by atoms with Crippen molar-refractivity contribution in [3.05, 3.63) is 36.4 Å². The van der Waals surface area contributed by atoms with Crippen LogP contribution in [0.25, 0.3) is 10.9 Å². The molecule has 19 heavy (non-hydrogen) atoms. The van der Waals surface area contributed by atoms with E-state index in [4.69, 9.17) is 4.98 Å². The molecule has 0 saturated heterocycles. The molecule has 5 rings (SSSR count). The van der Waals surface area contributed by atoms with Gasteiger partial charge in [-0.1, -0.05) is 18.2 Å². The van der Waals surface area contributed by atoms with E-state index in [1.54, 1.807) is 0 Å². The highest BCUT2D eigenvalue weighted by atomic mass is 15.1. The molecule has 3 aliphatic rings. The monoisotopic (exact) mass is 250 g/mol. The Morgan fingerprint density at radius 2 is 1.74 bits per heavy atom. The summed E-state index contributed by atoms with van der Waals surface area (Å²) < 4.78 is 0. The SMILES string of the molecule is c1ccc2nc(NC3C4C5CCC(C5)C34)ccc2c1. The Labute approximate surface area is 113 Å². The first-order chi connectivity index (χ1) is 9.40. The van der Waals surface area contributed by atoms with E-state index in [1.807, 2.05) is 0 Å². The highest BCUT2D eigenvalue weighted by Crippen LogP contribution is 2.66. The number of nitrogens with zero attached hydrogens (tertiary/aromatic N) is 1. The molecular weight excluding hydrogens is 232 g/mol. The fourth-order valence-electron chi connectivity index (χ4n) is 4.84. The van der Waals surface area contributed by atoms with Gasteiger partial charge in [-0.15, -0.1) is 0 Å². The summed E-state index contributed by atoms with van der Waals surface area (Å²) in [5.41, 5.74) is 1.10. The minimum atomic E-state index is 0.722. The zero-order chi connectivity index (χ0) is 12.4. The number of anilines is 1. The van der Waals surface area contributed by atoms with Crippen molar-refractivity contribution in [2.45, 2.75) is 25.3 Å². The summed E-state index contributed by atoms with van der Waals surface area (Å²) in [5.74, 6) is 5.04. The molecule has 1 N–H and O–H groups in total. The molecular formula is C17H18N2. The van der Waals surface area contributed by atoms with Crippen molar-refractivity contribution >= 4 is 16.7 Å². The number of aromatic nitrogens is 1. The van der Waals surface area contributed by atoms with Gasteiger partial charge in [0, 0.05) is 11.4 Å². The minimum Gasteiger partial charge on any atom is -0.367 e. The number of fused-ring (bicyclic) bond motifs is 6. The smallest absolute Gasteiger partial charge is 0.126 e. The van der Waals surface area contributed by atoms with Crippen LogP contribution in [0.5, 0.6) is 0 Å². The van der Waals surface area contributed by atoms with Crippen LogP contribution in [0, 0.1) is 23.7 Å². The van der Waals surface area contributed by atoms with E-state index in [2.05, 4.69) is 41.7 Å². The zero-order valence-electron chi connectivity index (χ0n) is 10.9. The van der Waals surface area contributed by atoms with Crippen molar-refractivity contribution in [2.75, 3.05) is 5.32 Å². The second kappa shape index (κ2) is 3.50. The number of benzene rings is 1. The maximum atomic E-state index is 4.74.